The smallest absolute Gasteiger partial charge is 0.123 e. The number of H-pyrrole nitrogens is 2. The fourth-order valence-electron chi connectivity index (χ4n) is 4.21. The van der Waals surface area contributed by atoms with Gasteiger partial charge in [-0.3, -0.25) is 0 Å². The monoisotopic (exact) mass is 354 g/mol. The molecule has 2 nitrogen and oxygen atoms in total. The van der Waals surface area contributed by atoms with Gasteiger partial charge in [0.1, 0.15) is 5.82 Å². The summed E-state index contributed by atoms with van der Waals surface area (Å²) < 4.78 is 13.7. The highest BCUT2D eigenvalue weighted by atomic mass is 19.1. The number of fused-ring (bicyclic) bond motifs is 2. The Kier molecular flexibility index (Phi) is 3.44. The van der Waals surface area contributed by atoms with Crippen molar-refractivity contribution in [2.75, 3.05) is 0 Å². The number of benzene rings is 3. The third-order valence-electron chi connectivity index (χ3n) is 5.68. The normalized spacial score (nSPS) is 12.1. The molecule has 0 aliphatic carbocycles. The molecule has 0 spiro atoms. The minimum Gasteiger partial charge on any atom is -0.361 e. The SMILES string of the molecule is CC(c1ccc(F)cc1)(c1c[nH]c2ccccc12)c1c[nH]c2ccccc12. The summed E-state index contributed by atoms with van der Waals surface area (Å²) in [6.07, 6.45) is 4.16. The minimum atomic E-state index is -0.438. The lowest BCUT2D eigenvalue weighted by atomic mass is 9.71. The Labute approximate surface area is 156 Å². The van der Waals surface area contributed by atoms with Gasteiger partial charge < -0.3 is 9.97 Å². The van der Waals surface area contributed by atoms with Crippen LogP contribution in [-0.2, 0) is 5.41 Å². The number of hydrogen-bond donors (Lipinski definition) is 2. The van der Waals surface area contributed by atoms with E-state index in [0.717, 1.165) is 16.6 Å². The number of halogens is 1. The van der Waals surface area contributed by atoms with Crippen LogP contribution in [0, 0.1) is 5.82 Å². The number of aromatic nitrogens is 2. The molecule has 0 amide bonds. The number of hydrogen-bond acceptors (Lipinski definition) is 0. The third kappa shape index (κ3) is 2.32. The van der Waals surface area contributed by atoms with Gasteiger partial charge in [-0.05, 0) is 47.9 Å². The molecule has 2 heterocycles. The molecule has 0 unspecified atom stereocenters. The maximum Gasteiger partial charge on any atom is 0.123 e. The van der Waals surface area contributed by atoms with Gasteiger partial charge >= 0.3 is 0 Å². The molecule has 27 heavy (non-hydrogen) atoms. The number of nitrogens with one attached hydrogen (secondary N) is 2. The van der Waals surface area contributed by atoms with Crippen LogP contribution < -0.4 is 0 Å². The Morgan fingerprint density at radius 2 is 1.15 bits per heavy atom. The average molecular weight is 354 g/mol. The second-order valence-electron chi connectivity index (χ2n) is 7.13. The Hall–Kier alpha value is -3.33. The highest BCUT2D eigenvalue weighted by molar-refractivity contribution is 5.90. The van der Waals surface area contributed by atoms with Gasteiger partial charge in [0.15, 0.2) is 0 Å². The summed E-state index contributed by atoms with van der Waals surface area (Å²) in [5.41, 5.74) is 5.16. The van der Waals surface area contributed by atoms with Crippen molar-refractivity contribution >= 4 is 21.8 Å². The Balaban J connectivity index is 1.87. The summed E-state index contributed by atoms with van der Waals surface area (Å²) in [7, 11) is 0. The summed E-state index contributed by atoms with van der Waals surface area (Å²) in [5.74, 6) is -0.223. The van der Waals surface area contributed by atoms with Gasteiger partial charge in [0.25, 0.3) is 0 Å². The maximum absolute atomic E-state index is 13.7. The molecule has 3 heteroatoms. The maximum atomic E-state index is 13.7. The first-order chi connectivity index (χ1) is 13.2. The molecule has 0 fully saturated rings. The van der Waals surface area contributed by atoms with E-state index in [0.29, 0.717) is 0 Å². The zero-order valence-electron chi connectivity index (χ0n) is 15.0. The van der Waals surface area contributed by atoms with Gasteiger partial charge in [0, 0.05) is 39.6 Å². The van der Waals surface area contributed by atoms with Crippen LogP contribution in [0.2, 0.25) is 0 Å². The molecule has 2 N–H and O–H groups in total. The van der Waals surface area contributed by atoms with Crippen LogP contribution in [0.1, 0.15) is 23.6 Å². The van der Waals surface area contributed by atoms with Gasteiger partial charge in [-0.1, -0.05) is 48.5 Å². The predicted molar refractivity (Wildman–Crippen MR) is 109 cm³/mol. The van der Waals surface area contributed by atoms with Crippen molar-refractivity contribution in [3.8, 4) is 0 Å². The van der Waals surface area contributed by atoms with Gasteiger partial charge in [-0.2, -0.15) is 0 Å². The van der Waals surface area contributed by atoms with Gasteiger partial charge in [-0.15, -0.1) is 0 Å². The minimum absolute atomic E-state index is 0.223. The Bertz CT molecular complexity index is 1170. The molecule has 3 aromatic carbocycles. The van der Waals surface area contributed by atoms with E-state index in [-0.39, 0.29) is 5.82 Å². The first kappa shape index (κ1) is 15.9. The standard InChI is InChI=1S/C24H19FN2/c1-24(16-10-12-17(25)13-11-16,20-14-26-22-8-4-2-6-18(20)22)21-15-27-23-9-5-3-7-19(21)23/h2-15,26-27H,1H3. The van der Waals surface area contributed by atoms with Crippen molar-refractivity contribution in [1.29, 1.82) is 0 Å². The highest BCUT2D eigenvalue weighted by Gasteiger charge is 2.35. The fourth-order valence-corrected chi connectivity index (χ4v) is 4.21. The average Bonchev–Trinajstić information content (AvgIpc) is 3.33. The summed E-state index contributed by atoms with van der Waals surface area (Å²) in [6.45, 7) is 2.21. The van der Waals surface area contributed by atoms with Crippen LogP contribution >= 0.6 is 0 Å². The van der Waals surface area contributed by atoms with Crippen molar-refractivity contribution in [2.45, 2.75) is 12.3 Å². The van der Waals surface area contributed by atoms with Crippen molar-refractivity contribution < 1.29 is 4.39 Å². The van der Waals surface area contributed by atoms with Crippen LogP contribution in [0.25, 0.3) is 21.8 Å². The van der Waals surface area contributed by atoms with Crippen LogP contribution in [-0.4, -0.2) is 9.97 Å². The summed E-state index contributed by atoms with van der Waals surface area (Å²) in [5, 5.41) is 2.35. The molecule has 0 saturated heterocycles. The topological polar surface area (TPSA) is 31.6 Å². The van der Waals surface area contributed by atoms with Crippen LogP contribution in [0.4, 0.5) is 4.39 Å². The van der Waals surface area contributed by atoms with E-state index < -0.39 is 5.41 Å². The predicted octanol–water partition coefficient (Wildman–Crippen LogP) is 6.14. The van der Waals surface area contributed by atoms with E-state index in [1.807, 2.05) is 24.3 Å². The third-order valence-corrected chi connectivity index (χ3v) is 5.68. The first-order valence-electron chi connectivity index (χ1n) is 9.07. The summed E-state index contributed by atoms with van der Waals surface area (Å²) in [6, 6.07) is 23.5. The number of rotatable bonds is 3. The first-order valence-corrected chi connectivity index (χ1v) is 9.07. The molecule has 0 atom stereocenters. The zero-order chi connectivity index (χ0) is 18.4. The van der Waals surface area contributed by atoms with Crippen LogP contribution in [0.5, 0.6) is 0 Å². The molecule has 0 radical (unpaired) electrons. The Morgan fingerprint density at radius 3 is 1.67 bits per heavy atom. The molecule has 2 aromatic heterocycles. The van der Waals surface area contributed by atoms with Gasteiger partial charge in [-0.25, -0.2) is 4.39 Å². The van der Waals surface area contributed by atoms with Crippen molar-refractivity contribution in [1.82, 2.24) is 9.97 Å². The van der Waals surface area contributed by atoms with Gasteiger partial charge in [0.05, 0.1) is 0 Å². The zero-order valence-corrected chi connectivity index (χ0v) is 15.0. The molecule has 5 aromatic rings. The lowest BCUT2D eigenvalue weighted by molar-refractivity contribution is 0.623. The molecule has 0 bridgehead atoms. The lowest BCUT2D eigenvalue weighted by Gasteiger charge is -2.30. The van der Waals surface area contributed by atoms with E-state index in [1.54, 1.807) is 0 Å². The van der Waals surface area contributed by atoms with E-state index in [9.17, 15) is 4.39 Å². The number of aromatic amines is 2. The largest absolute Gasteiger partial charge is 0.361 e. The molecule has 0 saturated carbocycles. The lowest BCUT2D eigenvalue weighted by Crippen LogP contribution is -2.24. The van der Waals surface area contributed by atoms with E-state index in [4.69, 9.17) is 0 Å². The van der Waals surface area contributed by atoms with Gasteiger partial charge in [0.2, 0.25) is 0 Å². The van der Waals surface area contributed by atoms with E-state index >= 15 is 0 Å². The molecule has 132 valence electrons. The molecule has 0 aliphatic rings. The Morgan fingerprint density at radius 1 is 0.667 bits per heavy atom. The second-order valence-corrected chi connectivity index (χ2v) is 7.13. The van der Waals surface area contributed by atoms with Crippen LogP contribution in [0.3, 0.4) is 0 Å². The van der Waals surface area contributed by atoms with Crippen molar-refractivity contribution in [3.05, 3.63) is 108 Å². The van der Waals surface area contributed by atoms with Crippen molar-refractivity contribution in [3.63, 3.8) is 0 Å². The van der Waals surface area contributed by atoms with E-state index in [1.165, 1.54) is 34.0 Å². The van der Waals surface area contributed by atoms with Crippen LogP contribution in [0.15, 0.2) is 85.2 Å². The molecular formula is C24H19FN2. The molecule has 0 aliphatic heterocycles. The summed E-state index contributed by atoms with van der Waals surface area (Å²) >= 11 is 0. The second kappa shape index (κ2) is 5.85. The highest BCUT2D eigenvalue weighted by Crippen LogP contribution is 2.44. The summed E-state index contributed by atoms with van der Waals surface area (Å²) in [4.78, 5) is 6.80. The van der Waals surface area contributed by atoms with Crippen molar-refractivity contribution in [2.24, 2.45) is 0 Å². The van der Waals surface area contributed by atoms with E-state index in [2.05, 4.69) is 65.7 Å². The molecule has 5 rings (SSSR count). The number of para-hydroxylation sites is 2. The quantitative estimate of drug-likeness (QED) is 0.390. The fraction of sp³-hybridized carbons (Fsp3) is 0.0833. The molecular weight excluding hydrogens is 335 g/mol.